The first-order chi connectivity index (χ1) is 14.0. The van der Waals surface area contributed by atoms with E-state index >= 15 is 0 Å². The molecule has 0 spiro atoms. The Labute approximate surface area is 179 Å². The molecule has 0 saturated carbocycles. The van der Waals surface area contributed by atoms with Crippen LogP contribution in [0.25, 0.3) is 10.9 Å². The van der Waals surface area contributed by atoms with E-state index in [4.69, 9.17) is 12.2 Å². The maximum absolute atomic E-state index is 12.9. The van der Waals surface area contributed by atoms with Gasteiger partial charge >= 0.3 is 6.36 Å². The molecule has 0 aliphatic heterocycles. The van der Waals surface area contributed by atoms with Crippen LogP contribution in [0.5, 0.6) is 11.5 Å². The van der Waals surface area contributed by atoms with Crippen molar-refractivity contribution in [3.8, 4) is 11.5 Å². The van der Waals surface area contributed by atoms with Crippen LogP contribution in [0.2, 0.25) is 0 Å². The molecule has 0 amide bonds. The third-order valence-corrected chi connectivity index (χ3v) is 5.75. The number of benzene rings is 2. The van der Waals surface area contributed by atoms with Gasteiger partial charge in [0.05, 0.1) is 5.52 Å². The average Bonchev–Trinajstić information content (AvgIpc) is 2.70. The number of hydrogen-bond acceptors (Lipinski definition) is 5. The molecule has 3 aromatic rings. The van der Waals surface area contributed by atoms with Crippen LogP contribution in [0.3, 0.4) is 0 Å². The van der Waals surface area contributed by atoms with Crippen molar-refractivity contribution in [2.75, 3.05) is 18.2 Å². The minimum Gasteiger partial charge on any atom is -0.506 e. The Morgan fingerprint density at radius 2 is 1.83 bits per heavy atom. The van der Waals surface area contributed by atoms with Crippen molar-refractivity contribution in [3.63, 3.8) is 0 Å². The summed E-state index contributed by atoms with van der Waals surface area (Å²) in [6.45, 7) is 0. The first-order valence-corrected chi connectivity index (χ1v) is 10.2. The highest BCUT2D eigenvalue weighted by molar-refractivity contribution is 7.98. The second-order valence-electron chi connectivity index (χ2n) is 6.38. The predicted molar refractivity (Wildman–Crippen MR) is 116 cm³/mol. The molecule has 158 valence electrons. The Bertz CT molecular complexity index is 1180. The van der Waals surface area contributed by atoms with Crippen LogP contribution < -0.4 is 15.2 Å². The highest BCUT2D eigenvalue weighted by atomic mass is 32.2. The number of halogens is 3. The lowest BCUT2D eigenvalue weighted by atomic mass is 10.1. The summed E-state index contributed by atoms with van der Waals surface area (Å²) < 4.78 is 42.3. The molecule has 30 heavy (non-hydrogen) atoms. The van der Waals surface area contributed by atoms with Gasteiger partial charge in [0, 0.05) is 30.1 Å². The van der Waals surface area contributed by atoms with Crippen molar-refractivity contribution >= 4 is 45.6 Å². The standard InChI is InChI=1S/C20H17F3N2O3S2/c1-24(11-4-6-12(7-5-11)28-20(21,22)23)19(29)16-17(26)14-10-13(30-3)8-9-15(14)25(2)18(16)27/h4-10,26H,1-3H3. The van der Waals surface area contributed by atoms with Crippen LogP contribution in [-0.4, -0.2) is 34.3 Å². The molecule has 0 bridgehead atoms. The highest BCUT2D eigenvalue weighted by Gasteiger charge is 2.31. The molecular weight excluding hydrogens is 437 g/mol. The van der Waals surface area contributed by atoms with Gasteiger partial charge in [-0.1, -0.05) is 12.2 Å². The zero-order valence-corrected chi connectivity index (χ0v) is 17.8. The molecule has 1 N–H and O–H groups in total. The minimum absolute atomic E-state index is 0.0362. The first-order valence-electron chi connectivity index (χ1n) is 8.57. The van der Waals surface area contributed by atoms with Crippen molar-refractivity contribution in [2.24, 2.45) is 7.05 Å². The molecule has 0 radical (unpaired) electrons. The summed E-state index contributed by atoms with van der Waals surface area (Å²) in [6.07, 6.45) is -2.90. The molecule has 3 rings (SSSR count). The Hall–Kier alpha value is -2.72. The zero-order valence-electron chi connectivity index (χ0n) is 16.1. The van der Waals surface area contributed by atoms with Crippen LogP contribution >= 0.6 is 24.0 Å². The Morgan fingerprint density at radius 3 is 2.40 bits per heavy atom. The number of rotatable bonds is 4. The van der Waals surface area contributed by atoms with Crippen molar-refractivity contribution in [1.29, 1.82) is 0 Å². The van der Waals surface area contributed by atoms with Gasteiger partial charge in [-0.15, -0.1) is 24.9 Å². The number of alkyl halides is 3. The molecule has 0 aliphatic rings. The third-order valence-electron chi connectivity index (χ3n) is 4.55. The van der Waals surface area contributed by atoms with Gasteiger partial charge in [0.2, 0.25) is 0 Å². The maximum Gasteiger partial charge on any atom is 0.573 e. The largest absolute Gasteiger partial charge is 0.573 e. The van der Waals surface area contributed by atoms with E-state index in [0.717, 1.165) is 17.0 Å². The number of aryl methyl sites for hydroxylation is 1. The van der Waals surface area contributed by atoms with Crippen molar-refractivity contribution in [3.05, 3.63) is 58.4 Å². The summed E-state index contributed by atoms with van der Waals surface area (Å²) in [6, 6.07) is 10.4. The molecule has 2 aromatic carbocycles. The lowest BCUT2D eigenvalue weighted by molar-refractivity contribution is -0.274. The number of aromatic nitrogens is 1. The van der Waals surface area contributed by atoms with Gasteiger partial charge in [-0.2, -0.15) is 0 Å². The number of pyridine rings is 1. The number of nitrogens with zero attached hydrogens (tertiary/aromatic N) is 2. The maximum atomic E-state index is 12.9. The smallest absolute Gasteiger partial charge is 0.506 e. The lowest BCUT2D eigenvalue weighted by Crippen LogP contribution is -2.33. The van der Waals surface area contributed by atoms with Crippen LogP contribution in [0.4, 0.5) is 18.9 Å². The number of anilines is 1. The first kappa shape index (κ1) is 22.0. The summed E-state index contributed by atoms with van der Waals surface area (Å²) >= 11 is 6.93. The van der Waals surface area contributed by atoms with Gasteiger partial charge in [0.1, 0.15) is 22.1 Å². The fraction of sp³-hybridized carbons (Fsp3) is 0.200. The van der Waals surface area contributed by atoms with Gasteiger partial charge in [-0.3, -0.25) is 4.79 Å². The lowest BCUT2D eigenvalue weighted by Gasteiger charge is -2.22. The number of aromatic hydroxyl groups is 1. The van der Waals surface area contributed by atoms with Gasteiger partial charge < -0.3 is 19.3 Å². The minimum atomic E-state index is -4.79. The SMILES string of the molecule is CSc1ccc2c(c1)c(O)c(C(=S)N(C)c1ccc(OC(F)(F)F)cc1)c(=O)n2C. The van der Waals surface area contributed by atoms with E-state index in [1.165, 1.54) is 33.4 Å². The molecule has 0 unspecified atom stereocenters. The topological polar surface area (TPSA) is 54.7 Å². The van der Waals surface area contributed by atoms with E-state index in [0.29, 0.717) is 16.6 Å². The highest BCUT2D eigenvalue weighted by Crippen LogP contribution is 2.31. The number of fused-ring (bicyclic) bond motifs is 1. The quantitative estimate of drug-likeness (QED) is 0.457. The Morgan fingerprint density at radius 1 is 1.20 bits per heavy atom. The summed E-state index contributed by atoms with van der Waals surface area (Å²) in [4.78, 5) is 15.3. The zero-order chi connectivity index (χ0) is 22.2. The van der Waals surface area contributed by atoms with E-state index in [1.54, 1.807) is 26.2 Å². The predicted octanol–water partition coefficient (Wildman–Crippen LogP) is 4.68. The molecule has 1 aromatic heterocycles. The molecule has 10 heteroatoms. The second-order valence-corrected chi connectivity index (χ2v) is 7.64. The van der Waals surface area contributed by atoms with Crippen molar-refractivity contribution < 1.29 is 23.0 Å². The molecule has 0 aliphatic carbocycles. The summed E-state index contributed by atoms with van der Waals surface area (Å²) in [7, 11) is 3.14. The molecule has 0 atom stereocenters. The van der Waals surface area contributed by atoms with E-state index in [1.807, 2.05) is 12.3 Å². The average molecular weight is 454 g/mol. The molecule has 0 fully saturated rings. The summed E-state index contributed by atoms with van der Waals surface area (Å²) in [5, 5.41) is 11.3. The van der Waals surface area contributed by atoms with E-state index in [-0.39, 0.29) is 22.1 Å². The Kier molecular flexibility index (Phi) is 6.00. The normalized spacial score (nSPS) is 11.5. The van der Waals surface area contributed by atoms with E-state index < -0.39 is 11.9 Å². The van der Waals surface area contributed by atoms with Crippen molar-refractivity contribution in [2.45, 2.75) is 11.3 Å². The second kappa shape index (κ2) is 8.19. The van der Waals surface area contributed by atoms with E-state index in [9.17, 15) is 23.1 Å². The number of hydrogen-bond donors (Lipinski definition) is 1. The van der Waals surface area contributed by atoms with Crippen LogP contribution in [0, 0.1) is 0 Å². The summed E-state index contributed by atoms with van der Waals surface area (Å²) in [5.74, 6) is -0.613. The third kappa shape index (κ3) is 4.24. The van der Waals surface area contributed by atoms with Gasteiger partial charge in [0.25, 0.3) is 5.56 Å². The fourth-order valence-electron chi connectivity index (χ4n) is 2.99. The molecule has 1 heterocycles. The Balaban J connectivity index is 2.03. The monoisotopic (exact) mass is 454 g/mol. The van der Waals surface area contributed by atoms with Gasteiger partial charge in [-0.25, -0.2) is 0 Å². The van der Waals surface area contributed by atoms with Gasteiger partial charge in [0.15, 0.2) is 0 Å². The van der Waals surface area contributed by atoms with Crippen molar-refractivity contribution in [1.82, 2.24) is 4.57 Å². The van der Waals surface area contributed by atoms with Gasteiger partial charge in [-0.05, 0) is 48.7 Å². The fourth-order valence-corrected chi connectivity index (χ4v) is 3.72. The number of thiocarbonyl (C=S) groups is 1. The number of thioether (sulfide) groups is 1. The van der Waals surface area contributed by atoms with E-state index in [2.05, 4.69) is 4.74 Å². The molecule has 0 saturated heterocycles. The van der Waals surface area contributed by atoms with Crippen LogP contribution in [-0.2, 0) is 7.05 Å². The molecular formula is C20H17F3N2O3S2. The molecule has 5 nitrogen and oxygen atoms in total. The van der Waals surface area contributed by atoms with Crippen LogP contribution in [0.15, 0.2) is 52.2 Å². The number of ether oxygens (including phenoxy) is 1. The summed E-state index contributed by atoms with van der Waals surface area (Å²) in [5.41, 5.74) is 0.439. The van der Waals surface area contributed by atoms with Crippen LogP contribution in [0.1, 0.15) is 5.56 Å².